The van der Waals surface area contributed by atoms with E-state index in [1.807, 2.05) is 0 Å². The van der Waals surface area contributed by atoms with Gasteiger partial charge in [-0.05, 0) is 25.0 Å². The van der Waals surface area contributed by atoms with Crippen LogP contribution in [0.25, 0.3) is 0 Å². The number of benzene rings is 1. The Balaban J connectivity index is 1.63. The van der Waals surface area contributed by atoms with E-state index in [0.29, 0.717) is 31.3 Å². The smallest absolute Gasteiger partial charge is 0.240 e. The standard InChI is InChI=1S/C15H20N2O5S/c1-11(18)17(12-2-3-12)7-6-16-23(19,20)13-4-5-14-15(10-13)22-9-8-21-14/h4-5,10,12,16H,2-3,6-9H2,1H3. The number of hydrogen-bond acceptors (Lipinski definition) is 5. The Morgan fingerprint density at radius 3 is 2.61 bits per heavy atom. The van der Waals surface area contributed by atoms with E-state index < -0.39 is 10.0 Å². The van der Waals surface area contributed by atoms with Gasteiger partial charge in [-0.2, -0.15) is 0 Å². The predicted octanol–water partition coefficient (Wildman–Crippen LogP) is 0.747. The number of sulfonamides is 1. The molecular weight excluding hydrogens is 320 g/mol. The molecule has 0 spiro atoms. The van der Waals surface area contributed by atoms with Gasteiger partial charge in [-0.3, -0.25) is 4.79 Å². The van der Waals surface area contributed by atoms with Crippen LogP contribution < -0.4 is 14.2 Å². The van der Waals surface area contributed by atoms with Gasteiger partial charge in [0, 0.05) is 32.1 Å². The molecule has 1 aromatic carbocycles. The van der Waals surface area contributed by atoms with Crippen molar-refractivity contribution >= 4 is 15.9 Å². The van der Waals surface area contributed by atoms with Gasteiger partial charge in [0.25, 0.3) is 0 Å². The van der Waals surface area contributed by atoms with Gasteiger partial charge in [-0.25, -0.2) is 13.1 Å². The summed E-state index contributed by atoms with van der Waals surface area (Å²) in [5, 5.41) is 0. The summed E-state index contributed by atoms with van der Waals surface area (Å²) in [6, 6.07) is 4.81. The fraction of sp³-hybridized carbons (Fsp3) is 0.533. The van der Waals surface area contributed by atoms with Crippen LogP contribution in [0, 0.1) is 0 Å². The van der Waals surface area contributed by atoms with E-state index in [9.17, 15) is 13.2 Å². The van der Waals surface area contributed by atoms with Crippen molar-refractivity contribution in [1.29, 1.82) is 0 Å². The summed E-state index contributed by atoms with van der Waals surface area (Å²) in [4.78, 5) is 13.4. The second kappa shape index (κ2) is 6.37. The van der Waals surface area contributed by atoms with Crippen molar-refractivity contribution in [2.75, 3.05) is 26.3 Å². The summed E-state index contributed by atoms with van der Waals surface area (Å²) in [5.41, 5.74) is 0. The molecule has 1 heterocycles. The Hall–Kier alpha value is -1.80. The highest BCUT2D eigenvalue weighted by molar-refractivity contribution is 7.89. The molecule has 3 rings (SSSR count). The molecule has 0 unspecified atom stereocenters. The summed E-state index contributed by atoms with van der Waals surface area (Å²) in [7, 11) is -3.64. The van der Waals surface area contributed by atoms with Gasteiger partial charge < -0.3 is 14.4 Å². The number of carbonyl (C=O) groups is 1. The van der Waals surface area contributed by atoms with E-state index in [4.69, 9.17) is 9.47 Å². The first-order chi connectivity index (χ1) is 11.0. The average molecular weight is 340 g/mol. The number of amides is 1. The minimum Gasteiger partial charge on any atom is -0.486 e. The maximum atomic E-state index is 12.3. The normalized spacial score (nSPS) is 16.9. The van der Waals surface area contributed by atoms with Crippen LogP contribution in [0.5, 0.6) is 11.5 Å². The summed E-state index contributed by atoms with van der Waals surface area (Å²) >= 11 is 0. The molecule has 1 fully saturated rings. The number of rotatable bonds is 6. The van der Waals surface area contributed by atoms with Crippen molar-refractivity contribution in [2.24, 2.45) is 0 Å². The van der Waals surface area contributed by atoms with Crippen LogP contribution in [0.4, 0.5) is 0 Å². The van der Waals surface area contributed by atoms with Gasteiger partial charge in [0.1, 0.15) is 13.2 Å². The molecule has 1 aliphatic carbocycles. The van der Waals surface area contributed by atoms with Crippen molar-refractivity contribution in [3.05, 3.63) is 18.2 Å². The Labute approximate surface area is 135 Å². The van der Waals surface area contributed by atoms with E-state index in [2.05, 4.69) is 4.72 Å². The van der Waals surface area contributed by atoms with Crippen LogP contribution in [-0.2, 0) is 14.8 Å². The number of fused-ring (bicyclic) bond motifs is 1. The van der Waals surface area contributed by atoms with Gasteiger partial charge in [0.05, 0.1) is 4.90 Å². The lowest BCUT2D eigenvalue weighted by atomic mass is 10.3. The first kappa shape index (κ1) is 16.1. The molecule has 1 aromatic rings. The van der Waals surface area contributed by atoms with Crippen molar-refractivity contribution in [1.82, 2.24) is 9.62 Å². The summed E-state index contributed by atoms with van der Waals surface area (Å²) in [5.74, 6) is 0.959. The molecule has 23 heavy (non-hydrogen) atoms. The lowest BCUT2D eigenvalue weighted by molar-refractivity contribution is -0.129. The second-order valence-corrected chi connectivity index (χ2v) is 7.41. The topological polar surface area (TPSA) is 84.9 Å². The van der Waals surface area contributed by atoms with Crippen LogP contribution in [0.3, 0.4) is 0 Å². The minimum absolute atomic E-state index is 0.0222. The van der Waals surface area contributed by atoms with E-state index in [0.717, 1.165) is 12.8 Å². The predicted molar refractivity (Wildman–Crippen MR) is 83.0 cm³/mol. The van der Waals surface area contributed by atoms with Crippen molar-refractivity contribution in [3.63, 3.8) is 0 Å². The fourth-order valence-electron chi connectivity index (χ4n) is 2.56. The number of nitrogens with one attached hydrogen (secondary N) is 1. The monoisotopic (exact) mass is 340 g/mol. The highest BCUT2D eigenvalue weighted by Gasteiger charge is 2.30. The highest BCUT2D eigenvalue weighted by Crippen LogP contribution is 2.32. The Kier molecular flexibility index (Phi) is 4.45. The van der Waals surface area contributed by atoms with Crippen LogP contribution in [0.15, 0.2) is 23.1 Å². The molecular formula is C15H20N2O5S. The maximum Gasteiger partial charge on any atom is 0.240 e. The maximum absolute atomic E-state index is 12.3. The third-order valence-corrected chi connectivity index (χ3v) is 5.32. The zero-order valence-corrected chi connectivity index (χ0v) is 13.8. The lowest BCUT2D eigenvalue weighted by Gasteiger charge is -2.21. The van der Waals surface area contributed by atoms with E-state index in [1.165, 1.54) is 19.1 Å². The average Bonchev–Trinajstić information content (AvgIpc) is 3.35. The van der Waals surface area contributed by atoms with Gasteiger partial charge in [0.2, 0.25) is 15.9 Å². The molecule has 0 saturated heterocycles. The molecule has 0 radical (unpaired) electrons. The molecule has 2 aliphatic rings. The molecule has 1 aliphatic heterocycles. The van der Waals surface area contributed by atoms with Crippen molar-refractivity contribution < 1.29 is 22.7 Å². The van der Waals surface area contributed by atoms with Crippen molar-refractivity contribution in [2.45, 2.75) is 30.7 Å². The zero-order chi connectivity index (χ0) is 16.4. The summed E-state index contributed by atoms with van der Waals surface area (Å²) < 4.78 is 38.0. The minimum atomic E-state index is -3.64. The molecule has 1 saturated carbocycles. The van der Waals surface area contributed by atoms with Gasteiger partial charge in [0.15, 0.2) is 11.5 Å². The lowest BCUT2D eigenvalue weighted by Crippen LogP contribution is -2.38. The number of nitrogens with zero attached hydrogens (tertiary/aromatic N) is 1. The Morgan fingerprint density at radius 1 is 1.26 bits per heavy atom. The van der Waals surface area contributed by atoms with Gasteiger partial charge >= 0.3 is 0 Å². The molecule has 1 amide bonds. The SMILES string of the molecule is CC(=O)N(CCNS(=O)(=O)c1ccc2c(c1)OCCO2)C1CC1. The van der Waals surface area contributed by atoms with Gasteiger partial charge in [-0.15, -0.1) is 0 Å². The Bertz CT molecular complexity index is 700. The van der Waals surface area contributed by atoms with E-state index >= 15 is 0 Å². The second-order valence-electron chi connectivity index (χ2n) is 5.65. The summed E-state index contributed by atoms with van der Waals surface area (Å²) in [6.45, 7) is 2.93. The fourth-order valence-corrected chi connectivity index (χ4v) is 3.59. The zero-order valence-electron chi connectivity index (χ0n) is 12.9. The molecule has 126 valence electrons. The number of hydrogen-bond donors (Lipinski definition) is 1. The van der Waals surface area contributed by atoms with Crippen LogP contribution in [-0.4, -0.2) is 51.6 Å². The Morgan fingerprint density at radius 2 is 1.96 bits per heavy atom. The third kappa shape index (κ3) is 3.76. The van der Waals surface area contributed by atoms with Crippen LogP contribution >= 0.6 is 0 Å². The van der Waals surface area contributed by atoms with Gasteiger partial charge in [-0.1, -0.05) is 0 Å². The van der Waals surface area contributed by atoms with Crippen molar-refractivity contribution in [3.8, 4) is 11.5 Å². The van der Waals surface area contributed by atoms with Crippen LogP contribution in [0.1, 0.15) is 19.8 Å². The largest absolute Gasteiger partial charge is 0.486 e. The molecule has 8 heteroatoms. The number of ether oxygens (including phenoxy) is 2. The molecule has 1 N–H and O–H groups in total. The van der Waals surface area contributed by atoms with E-state index in [1.54, 1.807) is 11.0 Å². The quantitative estimate of drug-likeness (QED) is 0.826. The molecule has 7 nitrogen and oxygen atoms in total. The molecule has 0 atom stereocenters. The highest BCUT2D eigenvalue weighted by atomic mass is 32.2. The third-order valence-electron chi connectivity index (χ3n) is 3.86. The first-order valence-corrected chi connectivity index (χ1v) is 9.12. The first-order valence-electron chi connectivity index (χ1n) is 7.64. The van der Waals surface area contributed by atoms with E-state index in [-0.39, 0.29) is 23.4 Å². The molecule has 0 bridgehead atoms. The number of carbonyl (C=O) groups excluding carboxylic acids is 1. The van der Waals surface area contributed by atoms with Crippen LogP contribution in [0.2, 0.25) is 0 Å². The summed E-state index contributed by atoms with van der Waals surface area (Å²) in [6.07, 6.45) is 1.99. The molecule has 0 aromatic heterocycles.